The van der Waals surface area contributed by atoms with Gasteiger partial charge >= 0.3 is 5.97 Å². The highest BCUT2D eigenvalue weighted by atomic mass is 32.2. The molecule has 144 valence electrons. The Labute approximate surface area is 153 Å². The number of sulfonamides is 1. The topological polar surface area (TPSA) is 102 Å². The molecule has 1 fully saturated rings. The molecule has 9 heteroatoms. The van der Waals surface area contributed by atoms with E-state index in [1.54, 1.807) is 13.0 Å². The van der Waals surface area contributed by atoms with E-state index in [1.165, 1.54) is 30.5 Å². The number of piperidine rings is 1. The van der Waals surface area contributed by atoms with Gasteiger partial charge in [0.15, 0.2) is 0 Å². The molecule has 0 radical (unpaired) electrons. The Hall–Kier alpha value is -2.13. The average molecular weight is 384 g/mol. The predicted molar refractivity (Wildman–Crippen MR) is 95.4 cm³/mol. The van der Waals surface area contributed by atoms with Gasteiger partial charge in [0.2, 0.25) is 15.9 Å². The van der Waals surface area contributed by atoms with Gasteiger partial charge in [-0.1, -0.05) is 0 Å². The zero-order valence-corrected chi connectivity index (χ0v) is 16.0. The average Bonchev–Trinajstić information content (AvgIpc) is 2.61. The van der Waals surface area contributed by atoms with Gasteiger partial charge in [-0.2, -0.15) is 4.31 Å². The molecule has 1 aromatic carbocycles. The van der Waals surface area contributed by atoms with E-state index in [2.05, 4.69) is 5.32 Å². The van der Waals surface area contributed by atoms with Gasteiger partial charge in [0.25, 0.3) is 0 Å². The predicted octanol–water partition coefficient (Wildman–Crippen LogP) is 1.62. The first-order valence-corrected chi connectivity index (χ1v) is 9.86. The first-order chi connectivity index (χ1) is 12.3. The Kier molecular flexibility index (Phi) is 6.60. The van der Waals surface area contributed by atoms with Gasteiger partial charge in [0.1, 0.15) is 10.6 Å². The van der Waals surface area contributed by atoms with Crippen molar-refractivity contribution < 1.29 is 27.5 Å². The number of amides is 1. The molecule has 1 unspecified atom stereocenters. The fourth-order valence-electron chi connectivity index (χ4n) is 2.91. The minimum Gasteiger partial charge on any atom is -0.495 e. The van der Waals surface area contributed by atoms with Crippen molar-refractivity contribution in [2.24, 2.45) is 5.92 Å². The highest BCUT2D eigenvalue weighted by Gasteiger charge is 2.35. The van der Waals surface area contributed by atoms with Crippen molar-refractivity contribution in [3.8, 4) is 5.75 Å². The number of hydrogen-bond acceptors (Lipinski definition) is 6. The third kappa shape index (κ3) is 4.53. The molecule has 1 saturated heterocycles. The number of hydrogen-bond donors (Lipinski definition) is 1. The Balaban J connectivity index is 2.33. The highest BCUT2D eigenvalue weighted by Crippen LogP contribution is 2.32. The Bertz CT molecular complexity index is 777. The van der Waals surface area contributed by atoms with Gasteiger partial charge in [-0.3, -0.25) is 9.59 Å². The second-order valence-corrected chi connectivity index (χ2v) is 7.91. The number of nitrogens with zero attached hydrogens (tertiary/aromatic N) is 1. The molecule has 0 saturated carbocycles. The lowest BCUT2D eigenvalue weighted by atomic mass is 10.0. The lowest BCUT2D eigenvalue weighted by Crippen LogP contribution is -2.42. The molecule has 1 atom stereocenters. The van der Waals surface area contributed by atoms with Crippen molar-refractivity contribution in [1.29, 1.82) is 0 Å². The molecule has 0 aromatic heterocycles. The van der Waals surface area contributed by atoms with Gasteiger partial charge in [-0.05, 0) is 38.0 Å². The summed E-state index contributed by atoms with van der Waals surface area (Å²) in [6, 6.07) is 4.42. The van der Waals surface area contributed by atoms with Crippen molar-refractivity contribution >= 4 is 27.6 Å². The number of nitrogens with one attached hydrogen (secondary N) is 1. The summed E-state index contributed by atoms with van der Waals surface area (Å²) in [4.78, 5) is 23.2. The van der Waals surface area contributed by atoms with Crippen LogP contribution in [0.3, 0.4) is 0 Å². The molecule has 1 aromatic rings. The maximum Gasteiger partial charge on any atom is 0.310 e. The van der Waals surface area contributed by atoms with Crippen LogP contribution in [0.25, 0.3) is 0 Å². The quantitative estimate of drug-likeness (QED) is 0.748. The van der Waals surface area contributed by atoms with Crippen LogP contribution >= 0.6 is 0 Å². The summed E-state index contributed by atoms with van der Waals surface area (Å²) in [5, 5.41) is 2.56. The standard InChI is InChI=1S/C17H24N2O6S/c1-4-25-17(21)13-6-5-9-19(11-13)26(22,23)16-10-14(18-12(2)20)7-8-15(16)24-3/h7-8,10,13H,4-6,9,11H2,1-3H3,(H,18,20). The van der Waals surface area contributed by atoms with Crippen LogP contribution in [0.15, 0.2) is 23.1 Å². The zero-order chi connectivity index (χ0) is 19.3. The maximum absolute atomic E-state index is 13.1. The number of benzene rings is 1. The van der Waals surface area contributed by atoms with E-state index in [1.807, 2.05) is 0 Å². The monoisotopic (exact) mass is 384 g/mol. The second-order valence-electron chi connectivity index (χ2n) is 6.00. The number of carbonyl (C=O) groups excluding carboxylic acids is 2. The van der Waals surface area contributed by atoms with Gasteiger partial charge in [-0.25, -0.2) is 8.42 Å². The molecular weight excluding hydrogens is 360 g/mol. The zero-order valence-electron chi connectivity index (χ0n) is 15.1. The molecule has 1 aliphatic heterocycles. The summed E-state index contributed by atoms with van der Waals surface area (Å²) in [7, 11) is -2.52. The largest absolute Gasteiger partial charge is 0.495 e. The summed E-state index contributed by atoms with van der Waals surface area (Å²) < 4.78 is 37.7. The Morgan fingerprint density at radius 3 is 2.69 bits per heavy atom. The van der Waals surface area contributed by atoms with Gasteiger partial charge in [0.05, 0.1) is 19.6 Å². The number of ether oxygens (including phenoxy) is 2. The van der Waals surface area contributed by atoms with Crippen LogP contribution in [0, 0.1) is 5.92 Å². The number of carbonyl (C=O) groups is 2. The molecule has 2 rings (SSSR count). The van der Waals surface area contributed by atoms with Gasteiger partial charge < -0.3 is 14.8 Å². The lowest BCUT2D eigenvalue weighted by molar-refractivity contribution is -0.149. The van der Waals surface area contributed by atoms with E-state index in [0.29, 0.717) is 25.1 Å². The minimum absolute atomic E-state index is 0.0456. The molecule has 1 heterocycles. The first-order valence-electron chi connectivity index (χ1n) is 8.42. The second kappa shape index (κ2) is 8.50. The van der Waals surface area contributed by atoms with E-state index in [4.69, 9.17) is 9.47 Å². The molecule has 1 N–H and O–H groups in total. The molecule has 0 bridgehead atoms. The van der Waals surface area contributed by atoms with Crippen molar-refractivity contribution in [3.05, 3.63) is 18.2 Å². The number of rotatable bonds is 6. The molecule has 8 nitrogen and oxygen atoms in total. The van der Waals surface area contributed by atoms with E-state index < -0.39 is 15.9 Å². The summed E-state index contributed by atoms with van der Waals surface area (Å²) in [5.74, 6) is -0.995. The lowest BCUT2D eigenvalue weighted by Gasteiger charge is -2.31. The van der Waals surface area contributed by atoms with Crippen molar-refractivity contribution in [2.45, 2.75) is 31.6 Å². The van der Waals surface area contributed by atoms with Crippen molar-refractivity contribution in [3.63, 3.8) is 0 Å². The SMILES string of the molecule is CCOC(=O)C1CCCN(S(=O)(=O)c2cc(NC(C)=O)ccc2OC)C1. The van der Waals surface area contributed by atoms with Crippen LogP contribution in [0.1, 0.15) is 26.7 Å². The summed E-state index contributed by atoms with van der Waals surface area (Å²) in [5.41, 5.74) is 0.357. The molecule has 1 aliphatic rings. The smallest absolute Gasteiger partial charge is 0.310 e. The van der Waals surface area contributed by atoms with E-state index in [9.17, 15) is 18.0 Å². The number of esters is 1. The van der Waals surface area contributed by atoms with Gasteiger partial charge in [0, 0.05) is 25.7 Å². The molecule has 0 spiro atoms. The summed E-state index contributed by atoms with van der Waals surface area (Å²) in [6.07, 6.45) is 1.16. The first kappa shape index (κ1) is 20.2. The van der Waals surface area contributed by atoms with Crippen LogP contribution in [-0.2, 0) is 24.3 Å². The van der Waals surface area contributed by atoms with Crippen LogP contribution in [0.2, 0.25) is 0 Å². The molecule has 26 heavy (non-hydrogen) atoms. The van der Waals surface area contributed by atoms with E-state index in [0.717, 1.165) is 0 Å². The highest BCUT2D eigenvalue weighted by molar-refractivity contribution is 7.89. The third-order valence-electron chi connectivity index (χ3n) is 4.11. The Morgan fingerprint density at radius 2 is 2.08 bits per heavy atom. The normalized spacial score (nSPS) is 18.2. The number of methoxy groups -OCH3 is 1. The fraction of sp³-hybridized carbons (Fsp3) is 0.529. The number of anilines is 1. The molecule has 0 aliphatic carbocycles. The van der Waals surface area contributed by atoms with E-state index >= 15 is 0 Å². The van der Waals surface area contributed by atoms with Crippen molar-refractivity contribution in [1.82, 2.24) is 4.31 Å². The Morgan fingerprint density at radius 1 is 1.35 bits per heavy atom. The minimum atomic E-state index is -3.90. The third-order valence-corrected chi connectivity index (χ3v) is 5.99. The summed E-state index contributed by atoms with van der Waals surface area (Å²) >= 11 is 0. The van der Waals surface area contributed by atoms with Gasteiger partial charge in [-0.15, -0.1) is 0 Å². The van der Waals surface area contributed by atoms with Crippen molar-refractivity contribution in [2.75, 3.05) is 32.1 Å². The van der Waals surface area contributed by atoms with E-state index in [-0.39, 0.29) is 35.7 Å². The van der Waals surface area contributed by atoms with Crippen LogP contribution in [0.5, 0.6) is 5.75 Å². The van der Waals surface area contributed by atoms with Crippen LogP contribution in [0.4, 0.5) is 5.69 Å². The fourth-order valence-corrected chi connectivity index (χ4v) is 4.62. The van der Waals surface area contributed by atoms with Crippen LogP contribution < -0.4 is 10.1 Å². The molecular formula is C17H24N2O6S. The summed E-state index contributed by atoms with van der Waals surface area (Å²) in [6.45, 7) is 3.69. The van der Waals surface area contributed by atoms with Crippen LogP contribution in [-0.4, -0.2) is 51.4 Å². The molecule has 1 amide bonds. The maximum atomic E-state index is 13.1.